The van der Waals surface area contributed by atoms with Crippen LogP contribution in [0.2, 0.25) is 0 Å². The second-order valence-corrected chi connectivity index (χ2v) is 3.60. The molecule has 2 aromatic heterocycles. The van der Waals surface area contributed by atoms with Gasteiger partial charge in [0, 0.05) is 24.2 Å². The van der Waals surface area contributed by atoms with Crippen LogP contribution in [-0.2, 0) is 4.79 Å². The van der Waals surface area contributed by atoms with Gasteiger partial charge in [-0.25, -0.2) is 9.97 Å². The first kappa shape index (κ1) is 11.2. The van der Waals surface area contributed by atoms with E-state index in [1.54, 1.807) is 31.6 Å². The molecule has 2 aromatic rings. The Kier molecular flexibility index (Phi) is 3.09. The van der Waals surface area contributed by atoms with Crippen LogP contribution < -0.4 is 0 Å². The van der Waals surface area contributed by atoms with E-state index in [1.165, 1.54) is 0 Å². The summed E-state index contributed by atoms with van der Waals surface area (Å²) in [6, 6.07) is 5.38. The average molecular weight is 229 g/mol. The van der Waals surface area contributed by atoms with Crippen LogP contribution in [0.15, 0.2) is 36.8 Å². The maximum absolute atomic E-state index is 10.9. The van der Waals surface area contributed by atoms with Crippen LogP contribution in [0.3, 0.4) is 0 Å². The van der Waals surface area contributed by atoms with Gasteiger partial charge in [0.25, 0.3) is 0 Å². The first-order valence-electron chi connectivity index (χ1n) is 5.14. The number of rotatable bonds is 3. The minimum atomic E-state index is -0.933. The van der Waals surface area contributed by atoms with Crippen molar-refractivity contribution in [1.82, 2.24) is 15.0 Å². The molecule has 0 aromatic carbocycles. The van der Waals surface area contributed by atoms with Gasteiger partial charge in [-0.05, 0) is 25.1 Å². The monoisotopic (exact) mass is 229 g/mol. The smallest absolute Gasteiger partial charge is 0.313 e. The van der Waals surface area contributed by atoms with Crippen LogP contribution in [0.1, 0.15) is 18.7 Å². The zero-order chi connectivity index (χ0) is 12.3. The van der Waals surface area contributed by atoms with E-state index < -0.39 is 11.9 Å². The predicted octanol–water partition coefficient (Wildman–Crippen LogP) is 1.73. The topological polar surface area (TPSA) is 76.0 Å². The molecule has 1 unspecified atom stereocenters. The third-order valence-electron chi connectivity index (χ3n) is 2.41. The minimum absolute atomic E-state index is 0.312. The van der Waals surface area contributed by atoms with Gasteiger partial charge < -0.3 is 5.11 Å². The van der Waals surface area contributed by atoms with Crippen molar-refractivity contribution in [2.75, 3.05) is 0 Å². The fraction of sp³-hybridized carbons (Fsp3) is 0.167. The summed E-state index contributed by atoms with van der Waals surface area (Å²) in [6.45, 7) is 1.56. The van der Waals surface area contributed by atoms with Crippen molar-refractivity contribution in [1.29, 1.82) is 0 Å². The number of hydrogen-bond donors (Lipinski definition) is 1. The number of aromatic nitrogens is 3. The Balaban J connectivity index is 2.39. The molecule has 0 aliphatic rings. The molecule has 2 rings (SSSR count). The molecular weight excluding hydrogens is 218 g/mol. The molecule has 0 saturated carbocycles. The SMILES string of the molecule is CC(C(=O)O)c1nccc(-c2ccncc2)n1. The molecule has 0 aliphatic heterocycles. The maximum Gasteiger partial charge on any atom is 0.313 e. The van der Waals surface area contributed by atoms with E-state index in [-0.39, 0.29) is 0 Å². The molecule has 0 bridgehead atoms. The van der Waals surface area contributed by atoms with Crippen molar-refractivity contribution >= 4 is 5.97 Å². The third-order valence-corrected chi connectivity index (χ3v) is 2.41. The summed E-state index contributed by atoms with van der Waals surface area (Å²) in [7, 11) is 0. The molecule has 0 aliphatic carbocycles. The number of carboxylic acids is 1. The fourth-order valence-corrected chi connectivity index (χ4v) is 1.38. The third kappa shape index (κ3) is 2.44. The molecule has 0 saturated heterocycles. The second-order valence-electron chi connectivity index (χ2n) is 3.60. The molecular formula is C12H11N3O2. The number of nitrogens with zero attached hydrogens (tertiary/aromatic N) is 3. The predicted molar refractivity (Wildman–Crippen MR) is 61.3 cm³/mol. The first-order valence-corrected chi connectivity index (χ1v) is 5.14. The lowest BCUT2D eigenvalue weighted by Crippen LogP contribution is -2.11. The van der Waals surface area contributed by atoms with E-state index in [0.29, 0.717) is 11.5 Å². The normalized spacial score (nSPS) is 12.1. The van der Waals surface area contributed by atoms with Crippen molar-refractivity contribution in [2.24, 2.45) is 0 Å². The number of carbonyl (C=O) groups is 1. The largest absolute Gasteiger partial charge is 0.481 e. The Morgan fingerprint density at radius 1 is 1.24 bits per heavy atom. The summed E-state index contributed by atoms with van der Waals surface area (Å²) < 4.78 is 0. The zero-order valence-corrected chi connectivity index (χ0v) is 9.24. The van der Waals surface area contributed by atoms with Gasteiger partial charge in [0.05, 0.1) is 5.69 Å². The van der Waals surface area contributed by atoms with Gasteiger partial charge in [0.1, 0.15) is 11.7 Å². The van der Waals surface area contributed by atoms with Crippen LogP contribution in [0.4, 0.5) is 0 Å². The van der Waals surface area contributed by atoms with Gasteiger partial charge in [0.2, 0.25) is 0 Å². The highest BCUT2D eigenvalue weighted by molar-refractivity contribution is 5.74. The Morgan fingerprint density at radius 2 is 1.94 bits per heavy atom. The van der Waals surface area contributed by atoms with Crippen molar-refractivity contribution in [2.45, 2.75) is 12.8 Å². The van der Waals surface area contributed by atoms with Crippen LogP contribution in [0.5, 0.6) is 0 Å². The highest BCUT2D eigenvalue weighted by atomic mass is 16.4. The van der Waals surface area contributed by atoms with E-state index in [9.17, 15) is 4.79 Å². The average Bonchev–Trinajstić information content (AvgIpc) is 2.39. The van der Waals surface area contributed by atoms with E-state index in [4.69, 9.17) is 5.11 Å². The van der Waals surface area contributed by atoms with Crippen LogP contribution in [0, 0.1) is 0 Å². The van der Waals surface area contributed by atoms with Crippen molar-refractivity contribution in [3.63, 3.8) is 0 Å². The second kappa shape index (κ2) is 4.69. The van der Waals surface area contributed by atoms with Crippen molar-refractivity contribution in [3.8, 4) is 11.3 Å². The molecule has 5 nitrogen and oxygen atoms in total. The van der Waals surface area contributed by atoms with Gasteiger partial charge in [-0.1, -0.05) is 0 Å². The summed E-state index contributed by atoms with van der Waals surface area (Å²) in [5.74, 6) is -1.33. The lowest BCUT2D eigenvalue weighted by atomic mass is 10.1. The number of carboxylic acid groups (broad SMARTS) is 1. The van der Waals surface area contributed by atoms with Gasteiger partial charge in [-0.3, -0.25) is 9.78 Å². The zero-order valence-electron chi connectivity index (χ0n) is 9.24. The molecule has 17 heavy (non-hydrogen) atoms. The number of hydrogen-bond acceptors (Lipinski definition) is 4. The van der Waals surface area contributed by atoms with E-state index in [2.05, 4.69) is 15.0 Å². The van der Waals surface area contributed by atoms with Gasteiger partial charge in [0.15, 0.2) is 0 Å². The molecule has 5 heteroatoms. The van der Waals surface area contributed by atoms with E-state index in [1.807, 2.05) is 12.1 Å². The molecule has 2 heterocycles. The number of aliphatic carboxylic acids is 1. The molecule has 86 valence electrons. The highest BCUT2D eigenvalue weighted by Crippen LogP contribution is 2.17. The summed E-state index contributed by atoms with van der Waals surface area (Å²) in [5.41, 5.74) is 1.59. The van der Waals surface area contributed by atoms with Gasteiger partial charge >= 0.3 is 5.97 Å². The molecule has 0 amide bonds. The molecule has 0 radical (unpaired) electrons. The molecule has 0 spiro atoms. The van der Waals surface area contributed by atoms with Crippen LogP contribution in [-0.4, -0.2) is 26.0 Å². The van der Waals surface area contributed by atoms with Crippen LogP contribution in [0.25, 0.3) is 11.3 Å². The van der Waals surface area contributed by atoms with E-state index in [0.717, 1.165) is 5.56 Å². The summed E-state index contributed by atoms with van der Waals surface area (Å²) in [5, 5.41) is 8.91. The quantitative estimate of drug-likeness (QED) is 0.867. The highest BCUT2D eigenvalue weighted by Gasteiger charge is 2.17. The van der Waals surface area contributed by atoms with Crippen molar-refractivity contribution < 1.29 is 9.90 Å². The van der Waals surface area contributed by atoms with Gasteiger partial charge in [-0.2, -0.15) is 0 Å². The Hall–Kier alpha value is -2.30. The summed E-state index contributed by atoms with van der Waals surface area (Å²) in [6.07, 6.45) is 4.90. The first-order chi connectivity index (χ1) is 8.18. The lowest BCUT2D eigenvalue weighted by molar-refractivity contribution is -0.138. The van der Waals surface area contributed by atoms with Crippen molar-refractivity contribution in [3.05, 3.63) is 42.6 Å². The van der Waals surface area contributed by atoms with Crippen LogP contribution >= 0.6 is 0 Å². The Bertz CT molecular complexity index is 528. The molecule has 1 N–H and O–H groups in total. The standard InChI is InChI=1S/C12H11N3O2/c1-8(12(16)17)11-14-7-4-10(15-11)9-2-5-13-6-3-9/h2-8H,1H3,(H,16,17). The fourth-order valence-electron chi connectivity index (χ4n) is 1.38. The Labute approximate surface area is 98.2 Å². The summed E-state index contributed by atoms with van der Waals surface area (Å²) in [4.78, 5) is 23.0. The minimum Gasteiger partial charge on any atom is -0.481 e. The molecule has 0 fully saturated rings. The van der Waals surface area contributed by atoms with Gasteiger partial charge in [-0.15, -0.1) is 0 Å². The lowest BCUT2D eigenvalue weighted by Gasteiger charge is -2.06. The number of pyridine rings is 1. The Morgan fingerprint density at radius 3 is 2.59 bits per heavy atom. The summed E-state index contributed by atoms with van der Waals surface area (Å²) >= 11 is 0. The van der Waals surface area contributed by atoms with E-state index >= 15 is 0 Å². The molecule has 1 atom stereocenters. The maximum atomic E-state index is 10.9.